The number of amides is 1. The van der Waals surface area contributed by atoms with Gasteiger partial charge in [-0.1, -0.05) is 0 Å². The van der Waals surface area contributed by atoms with Crippen molar-refractivity contribution in [1.82, 2.24) is 5.06 Å². The first kappa shape index (κ1) is 15.2. The highest BCUT2D eigenvalue weighted by Crippen LogP contribution is 2.65. The molecule has 1 aliphatic heterocycles. The maximum atomic E-state index is 15.1. The molecule has 3 rings (SSSR count). The molecule has 2 N–H and O–H groups in total. The summed E-state index contributed by atoms with van der Waals surface area (Å²) in [5.74, 6) is -5.50. The van der Waals surface area contributed by atoms with Crippen LogP contribution in [0.5, 0.6) is 0 Å². The molecule has 2 fully saturated rings. The van der Waals surface area contributed by atoms with E-state index < -0.39 is 23.0 Å². The van der Waals surface area contributed by atoms with Gasteiger partial charge in [-0.25, -0.2) is 13.2 Å². The SMILES string of the molecule is NC(=O)C1(CC2CCC(F)(F)CC2)CC1(F)N1C=CC=CO1. The van der Waals surface area contributed by atoms with E-state index in [1.807, 2.05) is 0 Å². The van der Waals surface area contributed by atoms with Crippen LogP contribution in [0.25, 0.3) is 0 Å². The molecular weight excluding hydrogens is 297 g/mol. The standard InChI is InChI=1S/C15H19F3N2O2/c16-14(17)5-3-11(4-6-14)9-13(12(19)21)10-15(13,18)20-7-1-2-8-22-20/h1-2,7-8,11H,3-6,9-10H2,(H2,19,21). The van der Waals surface area contributed by atoms with Crippen molar-refractivity contribution in [2.24, 2.45) is 17.1 Å². The van der Waals surface area contributed by atoms with Gasteiger partial charge in [0.05, 0.1) is 0 Å². The van der Waals surface area contributed by atoms with Crippen LogP contribution >= 0.6 is 0 Å². The van der Waals surface area contributed by atoms with Crippen molar-refractivity contribution in [3.63, 3.8) is 0 Å². The average Bonchev–Trinajstić information content (AvgIpc) is 3.10. The quantitative estimate of drug-likeness (QED) is 0.811. The highest BCUT2D eigenvalue weighted by molar-refractivity contribution is 5.86. The van der Waals surface area contributed by atoms with Gasteiger partial charge in [0.1, 0.15) is 11.7 Å². The van der Waals surface area contributed by atoms with Crippen molar-refractivity contribution in [2.75, 3.05) is 0 Å². The third-order valence-electron chi connectivity index (χ3n) is 5.02. The number of primary amides is 1. The molecule has 0 saturated heterocycles. The van der Waals surface area contributed by atoms with E-state index in [0.717, 1.165) is 5.06 Å². The molecule has 0 aromatic heterocycles. The molecule has 4 nitrogen and oxygen atoms in total. The lowest BCUT2D eigenvalue weighted by Gasteiger charge is -2.32. The Morgan fingerprint density at radius 1 is 1.27 bits per heavy atom. The zero-order valence-corrected chi connectivity index (χ0v) is 12.1. The first-order valence-electron chi connectivity index (χ1n) is 7.45. The Balaban J connectivity index is 1.71. The van der Waals surface area contributed by atoms with E-state index in [1.54, 1.807) is 12.2 Å². The highest BCUT2D eigenvalue weighted by atomic mass is 19.3. The van der Waals surface area contributed by atoms with Gasteiger partial charge >= 0.3 is 0 Å². The number of hydrogen-bond acceptors (Lipinski definition) is 3. The summed E-state index contributed by atoms with van der Waals surface area (Å²) in [7, 11) is 0. The summed E-state index contributed by atoms with van der Waals surface area (Å²) in [5, 5.41) is 0.995. The minimum Gasteiger partial charge on any atom is -0.385 e. The zero-order valence-electron chi connectivity index (χ0n) is 12.1. The Morgan fingerprint density at radius 3 is 2.50 bits per heavy atom. The number of hydroxylamine groups is 2. The number of alkyl halides is 3. The topological polar surface area (TPSA) is 55.6 Å². The van der Waals surface area contributed by atoms with Crippen molar-refractivity contribution in [3.05, 3.63) is 24.6 Å². The second-order valence-electron chi connectivity index (χ2n) is 6.49. The summed E-state index contributed by atoms with van der Waals surface area (Å²) in [6.45, 7) is 0. The number of allylic oxidation sites excluding steroid dienone is 2. The molecule has 122 valence electrons. The monoisotopic (exact) mass is 316 g/mol. The van der Waals surface area contributed by atoms with E-state index >= 15 is 4.39 Å². The van der Waals surface area contributed by atoms with Gasteiger partial charge in [0.2, 0.25) is 17.6 Å². The first-order valence-corrected chi connectivity index (χ1v) is 7.45. The Kier molecular flexibility index (Phi) is 3.41. The molecule has 0 aromatic rings. The summed E-state index contributed by atoms with van der Waals surface area (Å²) >= 11 is 0. The van der Waals surface area contributed by atoms with Crippen LogP contribution in [0.2, 0.25) is 0 Å². The van der Waals surface area contributed by atoms with Gasteiger partial charge in [-0.3, -0.25) is 4.79 Å². The maximum absolute atomic E-state index is 15.1. The molecule has 2 saturated carbocycles. The Hall–Kier alpha value is -1.66. The van der Waals surface area contributed by atoms with Crippen molar-refractivity contribution >= 4 is 5.91 Å². The largest absolute Gasteiger partial charge is 0.385 e. The summed E-state index contributed by atoms with van der Waals surface area (Å²) in [6, 6.07) is 0. The van der Waals surface area contributed by atoms with Gasteiger partial charge in [-0.15, -0.1) is 0 Å². The number of rotatable bonds is 4. The molecular formula is C15H19F3N2O2. The molecule has 7 heteroatoms. The van der Waals surface area contributed by atoms with Gasteiger partial charge in [-0.05, 0) is 37.3 Å². The fourth-order valence-corrected chi connectivity index (χ4v) is 3.56. The van der Waals surface area contributed by atoms with Gasteiger partial charge in [0.25, 0.3) is 0 Å². The molecule has 0 bridgehead atoms. The lowest BCUT2D eigenvalue weighted by molar-refractivity contribution is -0.173. The molecule has 1 heterocycles. The molecule has 0 aromatic carbocycles. The van der Waals surface area contributed by atoms with E-state index in [1.165, 1.54) is 12.5 Å². The predicted octanol–water partition coefficient (Wildman–Crippen LogP) is 3.02. The summed E-state index contributed by atoms with van der Waals surface area (Å²) < 4.78 is 41.6. The van der Waals surface area contributed by atoms with E-state index in [-0.39, 0.29) is 44.4 Å². The van der Waals surface area contributed by atoms with Crippen LogP contribution in [0.3, 0.4) is 0 Å². The molecule has 3 aliphatic rings. The summed E-state index contributed by atoms with van der Waals surface area (Å²) in [5.41, 5.74) is 4.07. The van der Waals surface area contributed by atoms with E-state index in [9.17, 15) is 13.6 Å². The van der Waals surface area contributed by atoms with E-state index in [2.05, 4.69) is 0 Å². The Morgan fingerprint density at radius 2 is 1.95 bits per heavy atom. The van der Waals surface area contributed by atoms with Crippen LogP contribution < -0.4 is 5.73 Å². The lowest BCUT2D eigenvalue weighted by Crippen LogP contribution is -2.42. The number of nitrogens with two attached hydrogens (primary N) is 1. The zero-order chi connectivity index (χ0) is 16.0. The number of hydrogen-bond donors (Lipinski definition) is 1. The summed E-state index contributed by atoms with van der Waals surface area (Å²) in [4.78, 5) is 16.9. The van der Waals surface area contributed by atoms with Crippen LogP contribution in [-0.4, -0.2) is 22.7 Å². The molecule has 2 unspecified atom stereocenters. The second-order valence-corrected chi connectivity index (χ2v) is 6.49. The smallest absolute Gasteiger partial charge is 0.248 e. The van der Waals surface area contributed by atoms with Crippen LogP contribution in [0.4, 0.5) is 13.2 Å². The average molecular weight is 316 g/mol. The van der Waals surface area contributed by atoms with Gasteiger partial charge in [0, 0.05) is 25.5 Å². The third-order valence-corrected chi connectivity index (χ3v) is 5.02. The molecule has 0 spiro atoms. The number of carbonyl (C=O) groups is 1. The van der Waals surface area contributed by atoms with Crippen LogP contribution in [0, 0.1) is 11.3 Å². The molecule has 1 amide bonds. The van der Waals surface area contributed by atoms with E-state index in [4.69, 9.17) is 10.6 Å². The number of carbonyl (C=O) groups excluding carboxylic acids is 1. The Labute approximate surface area is 126 Å². The number of halogens is 3. The number of nitrogens with zero attached hydrogens (tertiary/aromatic N) is 1. The van der Waals surface area contributed by atoms with Crippen molar-refractivity contribution in [2.45, 2.75) is 50.2 Å². The fourth-order valence-electron chi connectivity index (χ4n) is 3.56. The van der Waals surface area contributed by atoms with Crippen molar-refractivity contribution in [3.8, 4) is 0 Å². The summed E-state index contributed by atoms with van der Waals surface area (Å²) in [6.07, 6.45) is 6.17. The highest BCUT2D eigenvalue weighted by Gasteiger charge is 2.77. The van der Waals surface area contributed by atoms with Crippen molar-refractivity contribution in [1.29, 1.82) is 0 Å². The minimum atomic E-state index is -2.64. The Bertz CT molecular complexity index is 527. The predicted molar refractivity (Wildman–Crippen MR) is 72.8 cm³/mol. The fraction of sp³-hybridized carbons (Fsp3) is 0.667. The van der Waals surface area contributed by atoms with Crippen LogP contribution in [0.15, 0.2) is 24.6 Å². The van der Waals surface area contributed by atoms with Crippen molar-refractivity contribution < 1.29 is 22.8 Å². The maximum Gasteiger partial charge on any atom is 0.248 e. The van der Waals surface area contributed by atoms with Crippen LogP contribution in [-0.2, 0) is 9.63 Å². The molecule has 2 aliphatic carbocycles. The minimum absolute atomic E-state index is 0.0690. The lowest BCUT2D eigenvalue weighted by atomic mass is 9.79. The molecule has 2 atom stereocenters. The van der Waals surface area contributed by atoms with Crippen LogP contribution in [0.1, 0.15) is 38.5 Å². The van der Waals surface area contributed by atoms with Gasteiger partial charge < -0.3 is 10.6 Å². The van der Waals surface area contributed by atoms with Gasteiger partial charge in [-0.2, -0.15) is 5.06 Å². The third kappa shape index (κ3) is 2.36. The first-order chi connectivity index (χ1) is 10.3. The normalized spacial score (nSPS) is 37.0. The molecule has 22 heavy (non-hydrogen) atoms. The second kappa shape index (κ2) is 4.93. The van der Waals surface area contributed by atoms with E-state index in [0.29, 0.717) is 0 Å². The molecule has 0 radical (unpaired) electrons. The van der Waals surface area contributed by atoms with Gasteiger partial charge in [0.15, 0.2) is 0 Å².